The lowest BCUT2D eigenvalue weighted by molar-refractivity contribution is 0.0324. The zero-order chi connectivity index (χ0) is 6.69. The van der Waals surface area contributed by atoms with Crippen LogP contribution in [0, 0.1) is 0 Å². The van der Waals surface area contributed by atoms with E-state index in [-0.39, 0.29) is 0 Å². The van der Waals surface area contributed by atoms with Gasteiger partial charge in [-0.3, -0.25) is 0 Å². The summed E-state index contributed by atoms with van der Waals surface area (Å²) >= 11 is 1.92. The quantitative estimate of drug-likeness (QED) is 0.559. The molecule has 2 atom stereocenters. The van der Waals surface area contributed by atoms with Crippen molar-refractivity contribution in [3.63, 3.8) is 0 Å². The van der Waals surface area contributed by atoms with Crippen LogP contribution in [-0.2, 0) is 4.74 Å². The van der Waals surface area contributed by atoms with Gasteiger partial charge < -0.3 is 4.74 Å². The summed E-state index contributed by atoms with van der Waals surface area (Å²) in [5.41, 5.74) is 0. The maximum Gasteiger partial charge on any atom is 0.0588 e. The summed E-state index contributed by atoms with van der Waals surface area (Å²) in [6.07, 6.45) is 5.24. The summed E-state index contributed by atoms with van der Waals surface area (Å²) in [4.78, 5) is 0. The minimum Gasteiger partial charge on any atom is -0.377 e. The Bertz CT molecular complexity index is 77.0. The minimum absolute atomic E-state index is 0.508. The minimum atomic E-state index is 0.508. The Balaban J connectivity index is 2.18. The molecule has 0 aliphatic carbocycles. The van der Waals surface area contributed by atoms with Crippen molar-refractivity contribution < 1.29 is 4.74 Å². The normalized spacial score (nSPS) is 36.7. The predicted molar refractivity (Wildman–Crippen MR) is 42.0 cm³/mol. The van der Waals surface area contributed by atoms with Crippen LogP contribution >= 0.6 is 11.8 Å². The molecular formula is C7H14OS. The lowest BCUT2D eigenvalue weighted by Gasteiger charge is -2.25. The Morgan fingerprint density at radius 2 is 2.22 bits per heavy atom. The molecule has 1 rings (SSSR count). The molecule has 1 heterocycles. The molecule has 0 spiro atoms. The molecule has 0 unspecified atom stereocenters. The fraction of sp³-hybridized carbons (Fsp3) is 1.00. The Kier molecular flexibility index (Phi) is 2.86. The van der Waals surface area contributed by atoms with Crippen molar-refractivity contribution in [3.8, 4) is 0 Å². The number of hydrogen-bond acceptors (Lipinski definition) is 2. The molecule has 0 radical (unpaired) electrons. The first kappa shape index (κ1) is 7.42. The maximum atomic E-state index is 5.46. The van der Waals surface area contributed by atoms with Crippen LogP contribution in [0.1, 0.15) is 19.8 Å². The van der Waals surface area contributed by atoms with Crippen LogP contribution in [-0.4, -0.2) is 24.2 Å². The molecule has 0 aromatic heterocycles. The Morgan fingerprint density at radius 3 is 2.67 bits per heavy atom. The molecule has 1 saturated heterocycles. The molecule has 0 aromatic carbocycles. The van der Waals surface area contributed by atoms with Gasteiger partial charge in [0.2, 0.25) is 0 Å². The highest BCUT2D eigenvalue weighted by molar-refractivity contribution is 7.99. The van der Waals surface area contributed by atoms with Gasteiger partial charge in [-0.05, 0) is 26.0 Å². The van der Waals surface area contributed by atoms with Gasteiger partial charge in [0.05, 0.1) is 12.7 Å². The van der Waals surface area contributed by atoms with Crippen LogP contribution in [0.25, 0.3) is 0 Å². The van der Waals surface area contributed by atoms with Crippen molar-refractivity contribution in [2.45, 2.75) is 31.1 Å². The van der Waals surface area contributed by atoms with E-state index in [9.17, 15) is 0 Å². The predicted octanol–water partition coefficient (Wildman–Crippen LogP) is 1.92. The topological polar surface area (TPSA) is 9.23 Å². The second-order valence-corrected chi connectivity index (χ2v) is 3.72. The largest absolute Gasteiger partial charge is 0.377 e. The van der Waals surface area contributed by atoms with E-state index in [0.717, 1.165) is 11.9 Å². The lowest BCUT2D eigenvalue weighted by Crippen LogP contribution is -2.24. The van der Waals surface area contributed by atoms with Gasteiger partial charge in [0, 0.05) is 5.25 Å². The zero-order valence-corrected chi connectivity index (χ0v) is 6.91. The molecule has 0 saturated carbocycles. The first-order valence-corrected chi connectivity index (χ1v) is 4.76. The summed E-state index contributed by atoms with van der Waals surface area (Å²) in [6, 6.07) is 0. The van der Waals surface area contributed by atoms with Crippen molar-refractivity contribution in [1.29, 1.82) is 0 Å². The Morgan fingerprint density at radius 1 is 1.44 bits per heavy atom. The number of thioether (sulfide) groups is 1. The van der Waals surface area contributed by atoms with E-state index in [1.54, 1.807) is 0 Å². The maximum absolute atomic E-state index is 5.46. The average Bonchev–Trinajstić information content (AvgIpc) is 1.90. The SMILES string of the molecule is CS[C@H]1CC[C@@H](C)OC1. The fourth-order valence-electron chi connectivity index (χ4n) is 1.04. The van der Waals surface area contributed by atoms with E-state index in [0.29, 0.717) is 6.10 Å². The third kappa shape index (κ3) is 2.18. The highest BCUT2D eigenvalue weighted by Crippen LogP contribution is 2.21. The number of hydrogen-bond donors (Lipinski definition) is 0. The van der Waals surface area contributed by atoms with Crippen LogP contribution < -0.4 is 0 Å². The van der Waals surface area contributed by atoms with Crippen LogP contribution in [0.5, 0.6) is 0 Å². The lowest BCUT2D eigenvalue weighted by atomic mass is 10.1. The van der Waals surface area contributed by atoms with Crippen LogP contribution in [0.3, 0.4) is 0 Å². The van der Waals surface area contributed by atoms with Crippen molar-refractivity contribution in [3.05, 3.63) is 0 Å². The van der Waals surface area contributed by atoms with E-state index < -0.39 is 0 Å². The van der Waals surface area contributed by atoms with E-state index in [1.165, 1.54) is 12.8 Å². The number of ether oxygens (including phenoxy) is 1. The summed E-state index contributed by atoms with van der Waals surface area (Å²) < 4.78 is 5.46. The van der Waals surface area contributed by atoms with Gasteiger partial charge in [0.15, 0.2) is 0 Å². The Hall–Kier alpha value is 0.310. The summed E-state index contributed by atoms with van der Waals surface area (Å²) in [5.74, 6) is 0. The molecule has 1 fully saturated rings. The van der Waals surface area contributed by atoms with Crippen molar-refractivity contribution >= 4 is 11.8 Å². The fourth-order valence-corrected chi connectivity index (χ4v) is 1.63. The molecule has 0 aromatic rings. The molecule has 0 amide bonds. The highest BCUT2D eigenvalue weighted by Gasteiger charge is 2.16. The molecule has 1 aliphatic heterocycles. The van der Waals surface area contributed by atoms with Gasteiger partial charge in [0.25, 0.3) is 0 Å². The molecule has 54 valence electrons. The third-order valence-corrected chi connectivity index (χ3v) is 2.83. The van der Waals surface area contributed by atoms with E-state index in [4.69, 9.17) is 4.74 Å². The molecule has 0 bridgehead atoms. The zero-order valence-electron chi connectivity index (χ0n) is 6.09. The molecular weight excluding hydrogens is 132 g/mol. The van der Waals surface area contributed by atoms with E-state index in [2.05, 4.69) is 13.2 Å². The van der Waals surface area contributed by atoms with Crippen molar-refractivity contribution in [2.24, 2.45) is 0 Å². The van der Waals surface area contributed by atoms with Gasteiger partial charge in [0.1, 0.15) is 0 Å². The van der Waals surface area contributed by atoms with Gasteiger partial charge in [-0.2, -0.15) is 11.8 Å². The standard InChI is InChI=1S/C7H14OS/c1-6-3-4-7(9-2)5-8-6/h6-7H,3-5H2,1-2H3/t6-,7+/m1/s1. The van der Waals surface area contributed by atoms with Gasteiger partial charge in [-0.15, -0.1) is 0 Å². The first-order valence-electron chi connectivity index (χ1n) is 3.47. The third-order valence-electron chi connectivity index (χ3n) is 1.80. The van der Waals surface area contributed by atoms with Crippen LogP contribution in [0.4, 0.5) is 0 Å². The molecule has 0 N–H and O–H groups in total. The van der Waals surface area contributed by atoms with E-state index in [1.807, 2.05) is 11.8 Å². The number of rotatable bonds is 1. The van der Waals surface area contributed by atoms with Crippen molar-refractivity contribution in [2.75, 3.05) is 12.9 Å². The molecule has 2 heteroatoms. The molecule has 1 aliphatic rings. The molecule has 9 heavy (non-hydrogen) atoms. The van der Waals surface area contributed by atoms with E-state index >= 15 is 0 Å². The first-order chi connectivity index (χ1) is 4.33. The van der Waals surface area contributed by atoms with Crippen molar-refractivity contribution in [1.82, 2.24) is 0 Å². The summed E-state index contributed by atoms with van der Waals surface area (Å²) in [5, 5.41) is 0.765. The second kappa shape index (κ2) is 3.47. The van der Waals surface area contributed by atoms with Gasteiger partial charge in [-0.1, -0.05) is 0 Å². The summed E-state index contributed by atoms with van der Waals surface area (Å²) in [7, 11) is 0. The smallest absolute Gasteiger partial charge is 0.0588 e. The highest BCUT2D eigenvalue weighted by atomic mass is 32.2. The summed E-state index contributed by atoms with van der Waals surface area (Å²) in [6.45, 7) is 3.11. The van der Waals surface area contributed by atoms with Crippen LogP contribution in [0.15, 0.2) is 0 Å². The van der Waals surface area contributed by atoms with Gasteiger partial charge in [-0.25, -0.2) is 0 Å². The van der Waals surface area contributed by atoms with Gasteiger partial charge >= 0.3 is 0 Å². The average molecular weight is 146 g/mol. The monoisotopic (exact) mass is 146 g/mol. The van der Waals surface area contributed by atoms with Crippen LogP contribution in [0.2, 0.25) is 0 Å². The molecule has 1 nitrogen and oxygen atoms in total. The second-order valence-electron chi connectivity index (χ2n) is 2.58. The Labute approximate surface area is 61.2 Å².